The van der Waals surface area contributed by atoms with E-state index in [0.717, 1.165) is 25.3 Å². The van der Waals surface area contributed by atoms with Crippen molar-refractivity contribution in [1.82, 2.24) is 10.6 Å². The Kier molecular flexibility index (Phi) is 4.39. The molecule has 0 aliphatic carbocycles. The smallest absolute Gasteiger partial charge is 0.198 e. The van der Waals surface area contributed by atoms with Gasteiger partial charge in [0.05, 0.1) is 12.1 Å². The molecule has 0 bridgehead atoms. The van der Waals surface area contributed by atoms with Crippen molar-refractivity contribution in [2.24, 2.45) is 15.7 Å². The second-order valence-electron chi connectivity index (χ2n) is 3.88. The molecule has 0 aromatic carbocycles. The first-order chi connectivity index (χ1) is 7.13. The summed E-state index contributed by atoms with van der Waals surface area (Å²) in [5, 5.41) is 6.19. The molecule has 0 aromatic rings. The van der Waals surface area contributed by atoms with Crippen molar-refractivity contribution in [3.63, 3.8) is 0 Å². The molecule has 0 saturated carbocycles. The van der Waals surface area contributed by atoms with Crippen LogP contribution in [0.2, 0.25) is 0 Å². The predicted molar refractivity (Wildman–Crippen MR) is 64.0 cm³/mol. The van der Waals surface area contributed by atoms with Crippen LogP contribution in [0.5, 0.6) is 0 Å². The minimum atomic E-state index is 0.128. The number of hydrogen-bond donors (Lipinski definition) is 3. The average molecular weight is 211 g/mol. The summed E-state index contributed by atoms with van der Waals surface area (Å²) >= 11 is 0. The first kappa shape index (κ1) is 11.8. The fraction of sp³-hybridized carbons (Fsp3) is 0.800. The third-order valence-electron chi connectivity index (χ3n) is 2.44. The maximum atomic E-state index is 5.70. The van der Waals surface area contributed by atoms with Crippen LogP contribution in [0.4, 0.5) is 0 Å². The highest BCUT2D eigenvalue weighted by atomic mass is 15.3. The SMILES string of the molecule is CCCCNC1=NC(C)C(C)N=C(N)N1. The van der Waals surface area contributed by atoms with Crippen LogP contribution in [-0.4, -0.2) is 30.5 Å². The normalized spacial score (nSPS) is 26.1. The number of guanidine groups is 2. The monoisotopic (exact) mass is 211 g/mol. The zero-order chi connectivity index (χ0) is 11.3. The lowest BCUT2D eigenvalue weighted by Gasteiger charge is -2.11. The van der Waals surface area contributed by atoms with Gasteiger partial charge in [0.1, 0.15) is 0 Å². The third kappa shape index (κ3) is 3.77. The Morgan fingerprint density at radius 2 is 2.00 bits per heavy atom. The van der Waals surface area contributed by atoms with Gasteiger partial charge in [0.15, 0.2) is 11.9 Å². The molecule has 0 spiro atoms. The topological polar surface area (TPSA) is 74.8 Å². The number of nitrogens with zero attached hydrogens (tertiary/aromatic N) is 2. The molecule has 5 nitrogen and oxygen atoms in total. The van der Waals surface area contributed by atoms with Crippen LogP contribution in [-0.2, 0) is 0 Å². The van der Waals surface area contributed by atoms with Gasteiger partial charge in [0.25, 0.3) is 0 Å². The molecule has 1 rings (SSSR count). The molecule has 0 aromatic heterocycles. The van der Waals surface area contributed by atoms with Crippen LogP contribution >= 0.6 is 0 Å². The van der Waals surface area contributed by atoms with Gasteiger partial charge in [-0.15, -0.1) is 0 Å². The summed E-state index contributed by atoms with van der Waals surface area (Å²) in [5.74, 6) is 1.18. The van der Waals surface area contributed by atoms with E-state index in [-0.39, 0.29) is 12.1 Å². The molecule has 1 aliphatic rings. The van der Waals surface area contributed by atoms with Crippen molar-refractivity contribution in [3.8, 4) is 0 Å². The summed E-state index contributed by atoms with van der Waals surface area (Å²) in [6.45, 7) is 7.12. The molecule has 4 N–H and O–H groups in total. The summed E-state index contributed by atoms with van der Waals surface area (Å²) in [6, 6.07) is 0.283. The number of nitrogens with two attached hydrogens (primary N) is 1. The van der Waals surface area contributed by atoms with Gasteiger partial charge in [0, 0.05) is 6.54 Å². The molecular formula is C10H21N5. The van der Waals surface area contributed by atoms with Crippen molar-refractivity contribution >= 4 is 11.9 Å². The van der Waals surface area contributed by atoms with Crippen molar-refractivity contribution in [3.05, 3.63) is 0 Å². The number of rotatable bonds is 3. The van der Waals surface area contributed by atoms with Crippen molar-refractivity contribution in [2.45, 2.75) is 45.7 Å². The first-order valence-electron chi connectivity index (χ1n) is 5.55. The standard InChI is InChI=1S/C10H21N5/c1-4-5-6-12-10-14-8(3)7(2)13-9(11)15-10/h7-8H,4-6H2,1-3H3,(H4,11,12,13,14,15). The highest BCUT2D eigenvalue weighted by molar-refractivity contribution is 5.98. The fourth-order valence-corrected chi connectivity index (χ4v) is 1.30. The first-order valence-corrected chi connectivity index (χ1v) is 5.55. The lowest BCUT2D eigenvalue weighted by atomic mass is 10.2. The van der Waals surface area contributed by atoms with Gasteiger partial charge in [-0.1, -0.05) is 13.3 Å². The van der Waals surface area contributed by atoms with E-state index in [4.69, 9.17) is 5.73 Å². The van der Waals surface area contributed by atoms with Gasteiger partial charge in [-0.05, 0) is 20.3 Å². The molecule has 2 atom stereocenters. The van der Waals surface area contributed by atoms with Crippen LogP contribution in [0.15, 0.2) is 9.98 Å². The Balaban J connectivity index is 2.56. The number of hydrogen-bond acceptors (Lipinski definition) is 5. The maximum Gasteiger partial charge on any atom is 0.198 e. The number of aliphatic imine (C=N–C) groups is 2. The van der Waals surface area contributed by atoms with Gasteiger partial charge in [-0.2, -0.15) is 0 Å². The number of unbranched alkanes of at least 4 members (excludes halogenated alkanes) is 1. The molecule has 5 heteroatoms. The molecule has 1 aliphatic heterocycles. The van der Waals surface area contributed by atoms with E-state index in [2.05, 4.69) is 27.5 Å². The van der Waals surface area contributed by atoms with E-state index in [1.807, 2.05) is 13.8 Å². The van der Waals surface area contributed by atoms with Gasteiger partial charge >= 0.3 is 0 Å². The average Bonchev–Trinajstić information content (AvgIpc) is 2.27. The molecule has 86 valence electrons. The van der Waals surface area contributed by atoms with Crippen LogP contribution in [0.3, 0.4) is 0 Å². The summed E-state index contributed by atoms with van der Waals surface area (Å²) < 4.78 is 0. The lowest BCUT2D eigenvalue weighted by molar-refractivity contribution is 0.608. The minimum absolute atomic E-state index is 0.128. The fourth-order valence-electron chi connectivity index (χ4n) is 1.30. The van der Waals surface area contributed by atoms with Gasteiger partial charge in [0.2, 0.25) is 0 Å². The van der Waals surface area contributed by atoms with E-state index in [1.54, 1.807) is 0 Å². The Morgan fingerprint density at radius 3 is 2.67 bits per heavy atom. The molecular weight excluding hydrogens is 190 g/mol. The molecule has 1 heterocycles. The van der Waals surface area contributed by atoms with E-state index >= 15 is 0 Å². The van der Waals surface area contributed by atoms with Crippen LogP contribution in [0.1, 0.15) is 33.6 Å². The van der Waals surface area contributed by atoms with Gasteiger partial charge < -0.3 is 11.1 Å². The van der Waals surface area contributed by atoms with Gasteiger partial charge in [-0.3, -0.25) is 5.32 Å². The van der Waals surface area contributed by atoms with E-state index in [0.29, 0.717) is 5.96 Å². The van der Waals surface area contributed by atoms with Crippen molar-refractivity contribution in [1.29, 1.82) is 0 Å². The molecule has 15 heavy (non-hydrogen) atoms. The summed E-state index contributed by atoms with van der Waals surface area (Å²) in [6.07, 6.45) is 2.29. The predicted octanol–water partition coefficient (Wildman–Crippen LogP) is 0.427. The van der Waals surface area contributed by atoms with Crippen molar-refractivity contribution in [2.75, 3.05) is 6.54 Å². The third-order valence-corrected chi connectivity index (χ3v) is 2.44. The molecule has 2 unspecified atom stereocenters. The lowest BCUT2D eigenvalue weighted by Crippen LogP contribution is -2.44. The van der Waals surface area contributed by atoms with Crippen LogP contribution in [0, 0.1) is 0 Å². The molecule has 0 fully saturated rings. The second-order valence-corrected chi connectivity index (χ2v) is 3.88. The van der Waals surface area contributed by atoms with E-state index in [9.17, 15) is 0 Å². The quantitative estimate of drug-likeness (QED) is 0.592. The zero-order valence-corrected chi connectivity index (χ0v) is 9.75. The Bertz CT molecular complexity index is 259. The Morgan fingerprint density at radius 1 is 1.33 bits per heavy atom. The van der Waals surface area contributed by atoms with E-state index < -0.39 is 0 Å². The maximum absolute atomic E-state index is 5.70. The Hall–Kier alpha value is -1.26. The summed E-state index contributed by atoms with van der Waals surface area (Å²) in [5.41, 5.74) is 5.70. The largest absolute Gasteiger partial charge is 0.370 e. The zero-order valence-electron chi connectivity index (χ0n) is 9.75. The van der Waals surface area contributed by atoms with E-state index in [1.165, 1.54) is 0 Å². The minimum Gasteiger partial charge on any atom is -0.370 e. The highest BCUT2D eigenvalue weighted by Gasteiger charge is 2.15. The number of nitrogens with one attached hydrogen (secondary N) is 2. The Labute approximate surface area is 91.2 Å². The second kappa shape index (κ2) is 5.58. The highest BCUT2D eigenvalue weighted by Crippen LogP contribution is 2.04. The molecule has 0 saturated heterocycles. The summed E-state index contributed by atoms with van der Waals surface area (Å²) in [7, 11) is 0. The van der Waals surface area contributed by atoms with Crippen molar-refractivity contribution < 1.29 is 0 Å². The molecule has 0 amide bonds. The summed E-state index contributed by atoms with van der Waals surface area (Å²) in [4.78, 5) is 8.74. The van der Waals surface area contributed by atoms with Gasteiger partial charge in [-0.25, -0.2) is 9.98 Å². The van der Waals surface area contributed by atoms with Crippen LogP contribution < -0.4 is 16.4 Å². The molecule has 0 radical (unpaired) electrons. The van der Waals surface area contributed by atoms with Crippen LogP contribution in [0.25, 0.3) is 0 Å².